The highest BCUT2D eigenvalue weighted by Crippen LogP contribution is 2.57. The van der Waals surface area contributed by atoms with Gasteiger partial charge in [0.05, 0.1) is 31.8 Å². The monoisotopic (exact) mass is 436 g/mol. The van der Waals surface area contributed by atoms with Crippen LogP contribution in [0.15, 0.2) is 60.7 Å². The minimum Gasteiger partial charge on any atom is -0.492 e. The normalized spacial score (nSPS) is 12.7. The summed E-state index contributed by atoms with van der Waals surface area (Å²) in [5.74, 6) is 0.380. The van der Waals surface area contributed by atoms with E-state index >= 15 is 0 Å². The Morgan fingerprint density at radius 3 is 1.81 bits per heavy atom. The largest absolute Gasteiger partial charge is 0.492 e. The van der Waals surface area contributed by atoms with Gasteiger partial charge in [0.15, 0.2) is 5.75 Å². The van der Waals surface area contributed by atoms with E-state index in [9.17, 15) is 10.1 Å². The molecule has 3 rings (SSSR count). The Morgan fingerprint density at radius 2 is 1.35 bits per heavy atom. The number of hydrogen-bond acceptors (Lipinski definition) is 6. The summed E-state index contributed by atoms with van der Waals surface area (Å²) in [6, 6.07) is 18.4. The minimum atomic E-state index is -1.28. The lowest BCUT2D eigenvalue weighted by atomic mass is 9.81. The van der Waals surface area contributed by atoms with Crippen molar-refractivity contribution >= 4 is 16.2 Å². The van der Waals surface area contributed by atoms with E-state index in [1.54, 1.807) is 6.92 Å². The van der Waals surface area contributed by atoms with Crippen LogP contribution < -0.4 is 14.2 Å². The van der Waals surface area contributed by atoms with Gasteiger partial charge in [-0.15, -0.1) is 0 Å². The minimum absolute atomic E-state index is 0.0510. The first kappa shape index (κ1) is 22.3. The van der Waals surface area contributed by atoms with E-state index in [4.69, 9.17) is 18.6 Å². The summed E-state index contributed by atoms with van der Waals surface area (Å²) in [5.41, 5.74) is 0.572. The van der Waals surface area contributed by atoms with Gasteiger partial charge in [0.2, 0.25) is 22.0 Å². The molecule has 1 unspecified atom stereocenters. The first-order valence-corrected chi connectivity index (χ1v) is 9.81. The second-order valence-electron chi connectivity index (χ2n) is 6.82. The smallest absolute Gasteiger partial charge is 0.322 e. The van der Waals surface area contributed by atoms with Crippen LogP contribution in [-0.4, -0.2) is 36.7 Å². The zero-order valence-electron chi connectivity index (χ0n) is 17.7. The molecule has 0 aliphatic rings. The van der Waals surface area contributed by atoms with E-state index < -0.39 is 10.5 Å². The molecular weight excluding hydrogens is 414 g/mol. The average molecular weight is 437 g/mol. The number of benzene rings is 3. The van der Waals surface area contributed by atoms with Gasteiger partial charge >= 0.3 is 5.69 Å². The van der Waals surface area contributed by atoms with Crippen LogP contribution in [0.1, 0.15) is 18.1 Å². The summed E-state index contributed by atoms with van der Waals surface area (Å²) < 4.78 is 22.5. The van der Waals surface area contributed by atoms with E-state index in [0.717, 1.165) is 0 Å². The molecule has 8 heteroatoms. The molecule has 3 aromatic carbocycles. The third-order valence-electron chi connectivity index (χ3n) is 5.20. The Morgan fingerprint density at radius 1 is 0.839 bits per heavy atom. The van der Waals surface area contributed by atoms with Crippen molar-refractivity contribution in [1.29, 1.82) is 0 Å². The molecule has 0 saturated carbocycles. The summed E-state index contributed by atoms with van der Waals surface area (Å²) in [5, 5.41) is 12.4. The van der Waals surface area contributed by atoms with E-state index in [1.807, 2.05) is 60.7 Å². The third kappa shape index (κ3) is 3.75. The van der Waals surface area contributed by atoms with Gasteiger partial charge in [0.25, 0.3) is 0 Å². The third-order valence-corrected chi connectivity index (χ3v) is 5.61. The molecular formula is C23H22NO6Si. The molecule has 0 saturated heterocycles. The Labute approximate surface area is 184 Å². The van der Waals surface area contributed by atoms with Gasteiger partial charge in [-0.05, 0) is 18.1 Å². The molecule has 3 aromatic rings. The van der Waals surface area contributed by atoms with E-state index in [0.29, 0.717) is 22.4 Å². The quantitative estimate of drug-likeness (QED) is 0.290. The van der Waals surface area contributed by atoms with Crippen LogP contribution in [-0.2, 0) is 10.0 Å². The van der Waals surface area contributed by atoms with Gasteiger partial charge in [0.1, 0.15) is 5.60 Å². The van der Waals surface area contributed by atoms with Gasteiger partial charge in [-0.25, -0.2) is 0 Å². The number of hydrogen-bond donors (Lipinski definition) is 0. The topological polar surface area (TPSA) is 80.1 Å². The second kappa shape index (κ2) is 9.19. The lowest BCUT2D eigenvalue weighted by Crippen LogP contribution is -2.29. The van der Waals surface area contributed by atoms with E-state index in [-0.39, 0.29) is 22.7 Å². The molecule has 159 valence electrons. The van der Waals surface area contributed by atoms with Crippen molar-refractivity contribution in [2.24, 2.45) is 0 Å². The zero-order chi connectivity index (χ0) is 22.6. The summed E-state index contributed by atoms with van der Waals surface area (Å²) in [4.78, 5) is 11.9. The molecule has 0 aliphatic heterocycles. The summed E-state index contributed by atoms with van der Waals surface area (Å²) >= 11 is 0. The Bertz CT molecular complexity index is 1070. The fourth-order valence-electron chi connectivity index (χ4n) is 3.77. The Kier molecular flexibility index (Phi) is 6.62. The van der Waals surface area contributed by atoms with Gasteiger partial charge in [0, 0.05) is 5.56 Å². The molecule has 0 aromatic heterocycles. The van der Waals surface area contributed by atoms with Crippen LogP contribution in [0.4, 0.5) is 5.69 Å². The van der Waals surface area contributed by atoms with Crippen LogP contribution in [0.2, 0.25) is 0 Å². The number of nitrogens with zero attached hydrogens (tertiary/aromatic N) is 1. The fourth-order valence-corrected chi connectivity index (χ4v) is 3.99. The molecule has 0 aliphatic carbocycles. The van der Waals surface area contributed by atoms with Crippen LogP contribution >= 0.6 is 0 Å². The van der Waals surface area contributed by atoms with Crippen LogP contribution in [0.25, 0.3) is 11.1 Å². The van der Waals surface area contributed by atoms with E-state index in [2.05, 4.69) is 10.5 Å². The number of rotatable bonds is 8. The Balaban J connectivity index is 2.61. The number of methoxy groups -OCH3 is 3. The molecule has 3 radical (unpaired) electrons. The van der Waals surface area contributed by atoms with Gasteiger partial charge < -0.3 is 18.6 Å². The van der Waals surface area contributed by atoms with Crippen molar-refractivity contribution in [2.75, 3.05) is 21.3 Å². The highest BCUT2D eigenvalue weighted by molar-refractivity contribution is 5.99. The molecule has 0 heterocycles. The lowest BCUT2D eigenvalue weighted by molar-refractivity contribution is -0.387. The number of nitro benzene ring substituents is 1. The molecule has 0 spiro atoms. The van der Waals surface area contributed by atoms with Crippen molar-refractivity contribution in [1.82, 2.24) is 0 Å². The molecule has 0 N–H and O–H groups in total. The Hall–Kier alpha value is -3.36. The zero-order valence-corrected chi connectivity index (χ0v) is 18.7. The average Bonchev–Trinajstić information content (AvgIpc) is 2.82. The van der Waals surface area contributed by atoms with Crippen molar-refractivity contribution in [3.05, 3.63) is 81.9 Å². The highest BCUT2D eigenvalue weighted by Gasteiger charge is 2.44. The van der Waals surface area contributed by atoms with Crippen LogP contribution in [0.3, 0.4) is 0 Å². The van der Waals surface area contributed by atoms with Crippen LogP contribution in [0.5, 0.6) is 17.2 Å². The summed E-state index contributed by atoms with van der Waals surface area (Å²) in [7, 11) is 7.43. The molecule has 0 amide bonds. The molecule has 1 atom stereocenters. The van der Waals surface area contributed by atoms with Crippen molar-refractivity contribution in [3.63, 3.8) is 0 Å². The molecule has 0 fully saturated rings. The van der Waals surface area contributed by atoms with Crippen molar-refractivity contribution in [3.8, 4) is 28.4 Å². The molecule has 0 bridgehead atoms. The maximum absolute atomic E-state index is 12.4. The molecule has 31 heavy (non-hydrogen) atoms. The summed E-state index contributed by atoms with van der Waals surface area (Å²) in [6.07, 6.45) is 0. The maximum atomic E-state index is 12.4. The van der Waals surface area contributed by atoms with Crippen molar-refractivity contribution in [2.45, 2.75) is 12.5 Å². The van der Waals surface area contributed by atoms with Crippen molar-refractivity contribution < 1.29 is 23.6 Å². The predicted molar refractivity (Wildman–Crippen MR) is 118 cm³/mol. The van der Waals surface area contributed by atoms with Crippen LogP contribution in [0, 0.1) is 10.1 Å². The number of nitro groups is 1. The predicted octanol–water partition coefficient (Wildman–Crippen LogP) is 4.65. The fraction of sp³-hybridized carbons (Fsp3) is 0.217. The summed E-state index contributed by atoms with van der Waals surface area (Å²) in [6.45, 7) is 1.75. The highest BCUT2D eigenvalue weighted by atomic mass is 28.2. The van der Waals surface area contributed by atoms with Gasteiger partial charge in [-0.1, -0.05) is 60.7 Å². The first-order chi connectivity index (χ1) is 14.9. The molecule has 7 nitrogen and oxygen atoms in total. The standard InChI is InChI=1S/C23H22NO6Si/c1-23(30-31,16-13-9-6-10-14-16)18-17(15-11-7-5-8-12-15)20(27-2)22(29-4)21(28-3)19(18)24(25)26/h5-14H,1-4H3. The SMILES string of the molecule is COc1c(OC)c(-c2ccccc2)c(C(C)(O[Si])c2ccccc2)c([N+](=O)[O-])c1OC. The van der Waals surface area contributed by atoms with E-state index in [1.165, 1.54) is 21.3 Å². The number of ether oxygens (including phenoxy) is 3. The van der Waals surface area contributed by atoms with Gasteiger partial charge in [-0.3, -0.25) is 10.1 Å². The maximum Gasteiger partial charge on any atom is 0.322 e. The second-order valence-corrected chi connectivity index (χ2v) is 7.03. The van der Waals surface area contributed by atoms with Gasteiger partial charge in [-0.2, -0.15) is 0 Å². The lowest BCUT2D eigenvalue weighted by Gasteiger charge is -2.33. The first-order valence-electron chi connectivity index (χ1n) is 9.41.